The van der Waals surface area contributed by atoms with Gasteiger partial charge >= 0.3 is 5.97 Å². The first-order chi connectivity index (χ1) is 11.3. The van der Waals surface area contributed by atoms with Gasteiger partial charge in [-0.25, -0.2) is 9.18 Å². The standard InChI is InChI=1S/C16H18ClFN2O4/c1-19-6-4-16(5-7-19)20(13(9-24-16)15(22)23)14(21)11-3-2-10(17)8-12(11)18/h2-3,8,13H,4-7,9H2,1H3,(H,22,23). The predicted molar refractivity (Wildman–Crippen MR) is 84.4 cm³/mol. The van der Waals surface area contributed by atoms with Crippen LogP contribution >= 0.6 is 11.6 Å². The van der Waals surface area contributed by atoms with Crippen LogP contribution in [0.15, 0.2) is 18.2 Å². The molecule has 24 heavy (non-hydrogen) atoms. The normalized spacial score (nSPS) is 23.6. The Bertz CT molecular complexity index is 676. The molecule has 2 saturated heterocycles. The molecule has 0 bridgehead atoms. The fraction of sp³-hybridized carbons (Fsp3) is 0.500. The number of hydrogen-bond donors (Lipinski definition) is 1. The van der Waals surface area contributed by atoms with E-state index in [-0.39, 0.29) is 17.2 Å². The molecular weight excluding hydrogens is 339 g/mol. The van der Waals surface area contributed by atoms with Crippen LogP contribution < -0.4 is 0 Å². The first kappa shape index (κ1) is 17.1. The molecule has 8 heteroatoms. The van der Waals surface area contributed by atoms with Crippen molar-refractivity contribution in [3.05, 3.63) is 34.6 Å². The molecule has 0 radical (unpaired) electrons. The SMILES string of the molecule is CN1CCC2(CC1)OCC(C(=O)O)N2C(=O)c1ccc(Cl)cc1F. The number of likely N-dealkylation sites (tertiary alicyclic amines) is 1. The fourth-order valence-corrected chi connectivity index (χ4v) is 3.48. The molecule has 1 aromatic rings. The second kappa shape index (κ2) is 6.31. The van der Waals surface area contributed by atoms with Gasteiger partial charge in [0.1, 0.15) is 11.5 Å². The van der Waals surface area contributed by atoms with E-state index in [1.54, 1.807) is 0 Å². The molecule has 1 N–H and O–H groups in total. The highest BCUT2D eigenvalue weighted by Gasteiger charge is 2.54. The lowest BCUT2D eigenvalue weighted by Gasteiger charge is -2.43. The number of carboxylic acids is 1. The lowest BCUT2D eigenvalue weighted by atomic mass is 9.97. The van der Waals surface area contributed by atoms with Crippen molar-refractivity contribution >= 4 is 23.5 Å². The third-order valence-electron chi connectivity index (χ3n) is 4.69. The van der Waals surface area contributed by atoms with Crippen LogP contribution in [0.25, 0.3) is 0 Å². The van der Waals surface area contributed by atoms with Crippen LogP contribution in [0.1, 0.15) is 23.2 Å². The summed E-state index contributed by atoms with van der Waals surface area (Å²) in [6.07, 6.45) is 0.961. The molecule has 1 amide bonds. The van der Waals surface area contributed by atoms with Gasteiger partial charge in [-0.2, -0.15) is 0 Å². The van der Waals surface area contributed by atoms with Gasteiger partial charge in [-0.05, 0) is 25.2 Å². The van der Waals surface area contributed by atoms with Crippen LogP contribution in [0.5, 0.6) is 0 Å². The van der Waals surface area contributed by atoms with Gasteiger partial charge in [0.25, 0.3) is 5.91 Å². The second-order valence-corrected chi connectivity index (χ2v) is 6.65. The lowest BCUT2D eigenvalue weighted by Crippen LogP contribution is -2.57. The number of hydrogen-bond acceptors (Lipinski definition) is 4. The Labute approximate surface area is 143 Å². The molecule has 2 fully saturated rings. The highest BCUT2D eigenvalue weighted by molar-refractivity contribution is 6.30. The van der Waals surface area contributed by atoms with Crippen molar-refractivity contribution in [2.75, 3.05) is 26.7 Å². The number of benzene rings is 1. The van der Waals surface area contributed by atoms with Crippen LogP contribution in [-0.2, 0) is 9.53 Å². The molecule has 3 rings (SSSR count). The van der Waals surface area contributed by atoms with E-state index in [1.165, 1.54) is 17.0 Å². The van der Waals surface area contributed by atoms with Crippen LogP contribution in [0.3, 0.4) is 0 Å². The molecule has 0 aliphatic carbocycles. The zero-order valence-corrected chi connectivity index (χ0v) is 13.9. The predicted octanol–water partition coefficient (Wildman–Crippen LogP) is 1.83. The monoisotopic (exact) mass is 356 g/mol. The third kappa shape index (κ3) is 2.87. The van der Waals surface area contributed by atoms with E-state index >= 15 is 0 Å². The third-order valence-corrected chi connectivity index (χ3v) is 4.93. The summed E-state index contributed by atoms with van der Waals surface area (Å²) >= 11 is 5.73. The van der Waals surface area contributed by atoms with Gasteiger partial charge in [-0.15, -0.1) is 0 Å². The Hall–Kier alpha value is -1.70. The average molecular weight is 357 g/mol. The number of rotatable bonds is 2. The maximum absolute atomic E-state index is 14.2. The molecule has 1 aromatic carbocycles. The summed E-state index contributed by atoms with van der Waals surface area (Å²) < 4.78 is 19.9. The highest BCUT2D eigenvalue weighted by atomic mass is 35.5. The first-order valence-corrected chi connectivity index (χ1v) is 8.06. The number of carboxylic acid groups (broad SMARTS) is 1. The largest absolute Gasteiger partial charge is 0.480 e. The number of piperidine rings is 1. The number of aliphatic carboxylic acids is 1. The Morgan fingerprint density at radius 2 is 2.04 bits per heavy atom. The van der Waals surface area contributed by atoms with Crippen molar-refractivity contribution in [2.45, 2.75) is 24.6 Å². The number of carbonyl (C=O) groups excluding carboxylic acids is 1. The zero-order valence-electron chi connectivity index (χ0n) is 13.2. The fourth-order valence-electron chi connectivity index (χ4n) is 3.32. The molecule has 2 aliphatic heterocycles. The summed E-state index contributed by atoms with van der Waals surface area (Å²) in [7, 11) is 1.95. The van der Waals surface area contributed by atoms with Gasteiger partial charge in [0.2, 0.25) is 0 Å². The van der Waals surface area contributed by atoms with Gasteiger partial charge < -0.3 is 14.7 Å². The molecule has 1 unspecified atom stereocenters. The molecule has 0 saturated carbocycles. The van der Waals surface area contributed by atoms with Crippen LogP contribution in [0.4, 0.5) is 4.39 Å². The number of nitrogens with zero attached hydrogens (tertiary/aromatic N) is 2. The van der Waals surface area contributed by atoms with Crippen LogP contribution in [0.2, 0.25) is 5.02 Å². The van der Waals surface area contributed by atoms with Gasteiger partial charge in [0.05, 0.1) is 12.2 Å². The summed E-state index contributed by atoms with van der Waals surface area (Å²) in [6, 6.07) is 2.60. The van der Waals surface area contributed by atoms with Crippen LogP contribution in [0, 0.1) is 5.82 Å². The molecule has 1 spiro atoms. The molecule has 6 nitrogen and oxygen atoms in total. The van der Waals surface area contributed by atoms with Gasteiger partial charge in [-0.1, -0.05) is 11.6 Å². The molecule has 1 atom stereocenters. The number of carbonyl (C=O) groups is 2. The van der Waals surface area contributed by atoms with Crippen molar-refractivity contribution in [1.29, 1.82) is 0 Å². The van der Waals surface area contributed by atoms with E-state index in [0.29, 0.717) is 25.9 Å². The minimum absolute atomic E-state index is 0.0972. The highest BCUT2D eigenvalue weighted by Crippen LogP contribution is 2.38. The van der Waals surface area contributed by atoms with E-state index < -0.39 is 29.5 Å². The van der Waals surface area contributed by atoms with Crippen LogP contribution in [-0.4, -0.2) is 65.3 Å². The maximum atomic E-state index is 14.2. The maximum Gasteiger partial charge on any atom is 0.328 e. The summed E-state index contributed by atoms with van der Waals surface area (Å²) in [4.78, 5) is 27.8. The lowest BCUT2D eigenvalue weighted by molar-refractivity contribution is -0.143. The van der Waals surface area contributed by atoms with E-state index in [0.717, 1.165) is 6.07 Å². The molecule has 2 heterocycles. The topological polar surface area (TPSA) is 70.1 Å². The Balaban J connectivity index is 1.98. The minimum atomic E-state index is -1.16. The molecule has 2 aliphatic rings. The van der Waals surface area contributed by atoms with E-state index in [2.05, 4.69) is 4.90 Å². The van der Waals surface area contributed by atoms with Crippen molar-refractivity contribution < 1.29 is 23.8 Å². The molecule has 130 valence electrons. The van der Waals surface area contributed by atoms with Crippen molar-refractivity contribution in [1.82, 2.24) is 9.80 Å². The Kier molecular flexibility index (Phi) is 4.50. The van der Waals surface area contributed by atoms with Gasteiger partial charge in [0.15, 0.2) is 6.04 Å². The summed E-state index contributed by atoms with van der Waals surface area (Å²) in [5.74, 6) is -2.61. The van der Waals surface area contributed by atoms with E-state index in [4.69, 9.17) is 16.3 Å². The van der Waals surface area contributed by atoms with E-state index in [9.17, 15) is 19.1 Å². The number of ether oxygens (including phenoxy) is 1. The smallest absolute Gasteiger partial charge is 0.328 e. The molecule has 0 aromatic heterocycles. The van der Waals surface area contributed by atoms with Gasteiger partial charge in [-0.3, -0.25) is 9.69 Å². The zero-order chi connectivity index (χ0) is 17.5. The van der Waals surface area contributed by atoms with Crippen molar-refractivity contribution in [3.63, 3.8) is 0 Å². The average Bonchev–Trinajstić information content (AvgIpc) is 2.89. The quantitative estimate of drug-likeness (QED) is 0.875. The summed E-state index contributed by atoms with van der Waals surface area (Å²) in [6.45, 7) is 1.23. The van der Waals surface area contributed by atoms with Gasteiger partial charge in [0, 0.05) is 31.0 Å². The Morgan fingerprint density at radius 1 is 1.38 bits per heavy atom. The van der Waals surface area contributed by atoms with Crippen molar-refractivity contribution in [2.24, 2.45) is 0 Å². The van der Waals surface area contributed by atoms with E-state index in [1.807, 2.05) is 7.05 Å². The summed E-state index contributed by atoms with van der Waals surface area (Å²) in [5, 5.41) is 9.63. The number of amides is 1. The Morgan fingerprint density at radius 3 is 2.62 bits per heavy atom. The minimum Gasteiger partial charge on any atom is -0.480 e. The number of halogens is 2. The summed E-state index contributed by atoms with van der Waals surface area (Å²) in [5.41, 5.74) is -1.20. The molecular formula is C16H18ClFN2O4. The van der Waals surface area contributed by atoms with Crippen molar-refractivity contribution in [3.8, 4) is 0 Å². The second-order valence-electron chi connectivity index (χ2n) is 6.21. The first-order valence-electron chi connectivity index (χ1n) is 7.68.